The smallest absolute Gasteiger partial charge is 0.206 e. The van der Waals surface area contributed by atoms with Gasteiger partial charge in [-0.1, -0.05) is 71.4 Å². The van der Waals surface area contributed by atoms with Crippen LogP contribution < -0.4 is 0 Å². The van der Waals surface area contributed by atoms with Gasteiger partial charge in [-0.3, -0.25) is 19.2 Å². The molecule has 7 heteroatoms. The molecule has 7 nitrogen and oxygen atoms in total. The maximum absolute atomic E-state index is 14.5. The number of benzene rings is 2. The van der Waals surface area contributed by atoms with Crippen molar-refractivity contribution in [3.8, 4) is 16.9 Å². The molecule has 3 aliphatic carbocycles. The highest BCUT2D eigenvalue weighted by molar-refractivity contribution is 6.33. The molecule has 0 radical (unpaired) electrons. The Morgan fingerprint density at radius 2 is 1.63 bits per heavy atom. The summed E-state index contributed by atoms with van der Waals surface area (Å²) in [6.45, 7) is 14.1. The number of allylic oxidation sites excluding steroid dienone is 1. The number of hydrogen-bond donors (Lipinski definition) is 3. The number of ketones is 4. The second-order valence-electron chi connectivity index (χ2n) is 13.8. The zero-order chi connectivity index (χ0) is 32.0. The number of aromatic hydroxyl groups is 1. The van der Waals surface area contributed by atoms with Crippen LogP contribution in [0, 0.1) is 28.6 Å². The first-order chi connectivity index (χ1) is 19.9. The lowest BCUT2D eigenvalue weighted by Crippen LogP contribution is -2.70. The van der Waals surface area contributed by atoms with Gasteiger partial charge in [0.25, 0.3) is 0 Å². The summed E-state index contributed by atoms with van der Waals surface area (Å²) in [5.41, 5.74) is -1.94. The van der Waals surface area contributed by atoms with Crippen molar-refractivity contribution in [3.63, 3.8) is 0 Å². The zero-order valence-electron chi connectivity index (χ0n) is 26.1. The molecule has 5 rings (SSSR count). The van der Waals surface area contributed by atoms with Crippen molar-refractivity contribution in [2.24, 2.45) is 28.6 Å². The monoisotopic (exact) mass is 584 g/mol. The van der Waals surface area contributed by atoms with E-state index in [0.717, 1.165) is 5.56 Å². The summed E-state index contributed by atoms with van der Waals surface area (Å²) in [5, 5.41) is 35.0. The van der Waals surface area contributed by atoms with Crippen LogP contribution in [0.15, 0.2) is 53.1 Å². The highest BCUT2D eigenvalue weighted by atomic mass is 16.3. The number of rotatable bonds is 5. The standard InChI is InChI=1S/C36H40O7/c1-17(2)28-19(5)26(20(6)37)32(41)36(43)33(42)29-31(40)27-24(15-34(29,7)16-35(28,36)8)23(12-13-25(27)38)21-10-9-11-22(14-21)30(39)18(3)4/h9-14,17-18,28,38,40,43H,15-16H2,1-8H3/t28-,34+,35+,36-/m1/s1. The third-order valence-corrected chi connectivity index (χ3v) is 10.2. The maximum atomic E-state index is 14.5. The fourth-order valence-electron chi connectivity index (χ4n) is 8.69. The van der Waals surface area contributed by atoms with Gasteiger partial charge in [-0.25, -0.2) is 0 Å². The molecule has 0 unspecified atom stereocenters. The molecule has 2 aromatic carbocycles. The first-order valence-corrected chi connectivity index (χ1v) is 14.9. The van der Waals surface area contributed by atoms with Gasteiger partial charge in [-0.05, 0) is 67.3 Å². The van der Waals surface area contributed by atoms with E-state index in [2.05, 4.69) is 0 Å². The van der Waals surface area contributed by atoms with Crippen LogP contribution in [0.25, 0.3) is 16.9 Å². The maximum Gasteiger partial charge on any atom is 0.206 e. The first-order valence-electron chi connectivity index (χ1n) is 14.9. The molecule has 3 aliphatic rings. The summed E-state index contributed by atoms with van der Waals surface area (Å²) >= 11 is 0. The van der Waals surface area contributed by atoms with Gasteiger partial charge in [0.15, 0.2) is 17.2 Å². The molecular formula is C36H40O7. The van der Waals surface area contributed by atoms with Gasteiger partial charge in [0.1, 0.15) is 11.5 Å². The number of aliphatic hydroxyl groups excluding tert-OH is 1. The van der Waals surface area contributed by atoms with Crippen molar-refractivity contribution in [3.05, 3.63) is 69.8 Å². The van der Waals surface area contributed by atoms with Crippen molar-refractivity contribution in [2.45, 2.75) is 73.8 Å². The second-order valence-corrected chi connectivity index (χ2v) is 13.8. The van der Waals surface area contributed by atoms with Crippen molar-refractivity contribution in [1.29, 1.82) is 0 Å². The van der Waals surface area contributed by atoms with E-state index in [9.17, 15) is 34.5 Å². The summed E-state index contributed by atoms with van der Waals surface area (Å²) < 4.78 is 0. The van der Waals surface area contributed by atoms with E-state index in [0.29, 0.717) is 22.3 Å². The minimum atomic E-state index is -2.57. The molecule has 226 valence electrons. The van der Waals surface area contributed by atoms with Crippen LogP contribution in [0.5, 0.6) is 5.75 Å². The second kappa shape index (κ2) is 9.84. The normalized spacial score (nSPS) is 28.7. The molecule has 0 heterocycles. The predicted octanol–water partition coefficient (Wildman–Crippen LogP) is 6.20. The summed E-state index contributed by atoms with van der Waals surface area (Å²) in [7, 11) is 0. The Morgan fingerprint density at radius 3 is 2.21 bits per heavy atom. The Bertz CT molecular complexity index is 1690. The van der Waals surface area contributed by atoms with Crippen molar-refractivity contribution >= 4 is 28.9 Å². The summed E-state index contributed by atoms with van der Waals surface area (Å²) in [6, 6.07) is 10.4. The van der Waals surface area contributed by atoms with Crippen molar-refractivity contribution < 1.29 is 34.5 Å². The Hall–Kier alpha value is -3.84. The molecular weight excluding hydrogens is 544 g/mol. The molecule has 3 N–H and O–H groups in total. The van der Waals surface area contributed by atoms with E-state index in [-0.39, 0.29) is 52.9 Å². The fraction of sp³-hybridized carbons (Fsp3) is 0.444. The van der Waals surface area contributed by atoms with Gasteiger partial charge in [0.05, 0.1) is 11.1 Å². The van der Waals surface area contributed by atoms with Crippen LogP contribution in [0.2, 0.25) is 0 Å². The number of fused-ring (bicyclic) bond motifs is 3. The predicted molar refractivity (Wildman–Crippen MR) is 163 cm³/mol. The van der Waals surface area contributed by atoms with Gasteiger partial charge in [-0.15, -0.1) is 0 Å². The Balaban J connectivity index is 1.77. The van der Waals surface area contributed by atoms with Gasteiger partial charge in [0.2, 0.25) is 11.6 Å². The lowest BCUT2D eigenvalue weighted by Gasteiger charge is -2.60. The molecule has 0 amide bonds. The average Bonchev–Trinajstić information content (AvgIpc) is 2.90. The van der Waals surface area contributed by atoms with Crippen LogP contribution >= 0.6 is 0 Å². The van der Waals surface area contributed by atoms with Crippen LogP contribution in [0.4, 0.5) is 0 Å². The molecule has 0 aliphatic heterocycles. The summed E-state index contributed by atoms with van der Waals surface area (Å²) in [4.78, 5) is 54.0. The SMILES string of the molecule is CC(=O)C1=C(C)[C@@H](C(C)C)[C@]2(C)C[C@]3(C)Cc4c(-c5cccc(C(=O)C(C)C)c5)ccc(O)c4C(O)=C3C(=O)[C@]2(O)C1=O. The highest BCUT2D eigenvalue weighted by Gasteiger charge is 2.72. The van der Waals surface area contributed by atoms with Crippen LogP contribution in [0.1, 0.15) is 83.3 Å². The largest absolute Gasteiger partial charge is 0.507 e. The minimum Gasteiger partial charge on any atom is -0.507 e. The third kappa shape index (κ3) is 4.04. The molecule has 0 aromatic heterocycles. The van der Waals surface area contributed by atoms with E-state index >= 15 is 0 Å². The third-order valence-electron chi connectivity index (χ3n) is 10.2. The molecule has 4 atom stereocenters. The van der Waals surface area contributed by atoms with Crippen molar-refractivity contribution in [2.75, 3.05) is 0 Å². The first kappa shape index (κ1) is 30.6. The Kier molecular flexibility index (Phi) is 7.01. The average molecular weight is 585 g/mol. The van der Waals surface area contributed by atoms with E-state index in [4.69, 9.17) is 0 Å². The quantitative estimate of drug-likeness (QED) is 0.217. The summed E-state index contributed by atoms with van der Waals surface area (Å²) in [5.74, 6) is -3.90. The molecule has 0 spiro atoms. The Labute approximate surface area is 252 Å². The zero-order valence-corrected chi connectivity index (χ0v) is 26.1. The van der Waals surface area contributed by atoms with E-state index in [1.165, 1.54) is 13.0 Å². The molecule has 0 bridgehead atoms. The topological polar surface area (TPSA) is 129 Å². The van der Waals surface area contributed by atoms with E-state index < -0.39 is 45.5 Å². The number of carbonyl (C=O) groups excluding carboxylic acids is 4. The molecule has 43 heavy (non-hydrogen) atoms. The van der Waals surface area contributed by atoms with Crippen molar-refractivity contribution in [1.82, 2.24) is 0 Å². The molecule has 1 fully saturated rings. The lowest BCUT2D eigenvalue weighted by atomic mass is 9.42. The van der Waals surface area contributed by atoms with Crippen LogP contribution in [0.3, 0.4) is 0 Å². The number of Topliss-reactive ketones (excluding diaryl/α,β-unsaturated/α-hetero) is 4. The number of carbonyl (C=O) groups is 4. The van der Waals surface area contributed by atoms with Gasteiger partial charge >= 0.3 is 0 Å². The fourth-order valence-corrected chi connectivity index (χ4v) is 8.69. The van der Waals surface area contributed by atoms with E-state index in [1.807, 2.05) is 40.7 Å². The number of phenols is 1. The van der Waals surface area contributed by atoms with Gasteiger partial charge in [-0.2, -0.15) is 0 Å². The lowest BCUT2D eigenvalue weighted by molar-refractivity contribution is -0.180. The van der Waals surface area contributed by atoms with Gasteiger partial charge in [0, 0.05) is 27.9 Å². The molecule has 2 aromatic rings. The van der Waals surface area contributed by atoms with Crippen LogP contribution in [-0.2, 0) is 20.8 Å². The highest BCUT2D eigenvalue weighted by Crippen LogP contribution is 2.65. The van der Waals surface area contributed by atoms with Gasteiger partial charge < -0.3 is 15.3 Å². The van der Waals surface area contributed by atoms with Crippen LogP contribution in [-0.4, -0.2) is 44.1 Å². The van der Waals surface area contributed by atoms with E-state index in [1.54, 1.807) is 38.1 Å². The Morgan fingerprint density at radius 1 is 0.977 bits per heavy atom. The summed E-state index contributed by atoms with van der Waals surface area (Å²) in [6.07, 6.45) is 0.395. The minimum absolute atomic E-state index is 0.00776. The molecule has 0 saturated heterocycles. The number of phenolic OH excluding ortho intramolecular Hbond substituents is 1. The number of aliphatic hydroxyl groups is 2. The number of hydrogen-bond acceptors (Lipinski definition) is 7. The molecule has 1 saturated carbocycles.